The number of anilines is 1. The third kappa shape index (κ3) is 8.05. The average Bonchev–Trinajstić information content (AvgIpc) is 3.33. The van der Waals surface area contributed by atoms with Crippen molar-refractivity contribution in [2.75, 3.05) is 12.3 Å². The van der Waals surface area contributed by atoms with Crippen molar-refractivity contribution in [2.24, 2.45) is 10.2 Å². The number of nitrogen functional groups attached to an aromatic ring is 1. The third-order valence-electron chi connectivity index (χ3n) is 4.59. The maximum absolute atomic E-state index is 12.2. The maximum atomic E-state index is 12.2. The van der Waals surface area contributed by atoms with E-state index in [4.69, 9.17) is 36.1 Å². The lowest BCUT2D eigenvalue weighted by molar-refractivity contribution is -0.113. The van der Waals surface area contributed by atoms with Gasteiger partial charge >= 0.3 is 23.5 Å². The van der Waals surface area contributed by atoms with Crippen LogP contribution in [0.15, 0.2) is 21.4 Å². The van der Waals surface area contributed by atoms with Crippen LogP contribution < -0.4 is 11.3 Å². The molecule has 1 fully saturated rings. The Balaban J connectivity index is 1.89. The predicted molar refractivity (Wildman–Crippen MR) is 122 cm³/mol. The van der Waals surface area contributed by atoms with E-state index in [9.17, 15) is 28.3 Å². The van der Waals surface area contributed by atoms with Gasteiger partial charge in [-0.1, -0.05) is 10.2 Å². The zero-order valence-electron chi connectivity index (χ0n) is 19.1. The first kappa shape index (κ1) is 30.6. The summed E-state index contributed by atoms with van der Waals surface area (Å²) in [6.45, 7) is 0.101. The minimum atomic E-state index is -5.80. The molecule has 3 rings (SSSR count). The molecular formula is C12H18N11O13P3. The Morgan fingerprint density at radius 1 is 1.23 bits per heavy atom. The van der Waals surface area contributed by atoms with Crippen molar-refractivity contribution in [2.45, 2.75) is 37.6 Å². The first-order chi connectivity index (χ1) is 18.0. The maximum Gasteiger partial charge on any atom is 0.490 e. The van der Waals surface area contributed by atoms with Crippen LogP contribution >= 0.6 is 23.5 Å². The molecule has 24 nitrogen and oxygen atoms in total. The Morgan fingerprint density at radius 2 is 1.87 bits per heavy atom. The fourth-order valence-electron chi connectivity index (χ4n) is 3.29. The predicted octanol–water partition coefficient (Wildman–Crippen LogP) is 1.01. The van der Waals surface area contributed by atoms with E-state index in [0.717, 1.165) is 13.3 Å². The van der Waals surface area contributed by atoms with Crippen molar-refractivity contribution in [1.29, 1.82) is 0 Å². The van der Waals surface area contributed by atoms with Gasteiger partial charge < -0.3 is 34.8 Å². The molecule has 0 saturated carbocycles. The molecule has 5 atom stereocenters. The van der Waals surface area contributed by atoms with Gasteiger partial charge in [0.05, 0.1) is 19.0 Å². The average molecular weight is 617 g/mol. The van der Waals surface area contributed by atoms with Crippen molar-refractivity contribution in [1.82, 2.24) is 19.5 Å². The number of H-pyrrole nitrogens is 1. The smallest absolute Gasteiger partial charge is 0.369 e. The van der Waals surface area contributed by atoms with Crippen LogP contribution in [0.5, 0.6) is 0 Å². The molecule has 0 radical (unpaired) electrons. The molecular weight excluding hydrogens is 599 g/mol. The molecule has 214 valence electrons. The molecule has 3 unspecified atom stereocenters. The van der Waals surface area contributed by atoms with Crippen molar-refractivity contribution in [3.05, 3.63) is 37.6 Å². The van der Waals surface area contributed by atoms with E-state index >= 15 is 0 Å². The minimum Gasteiger partial charge on any atom is -0.369 e. The van der Waals surface area contributed by atoms with Crippen molar-refractivity contribution in [3.8, 4) is 0 Å². The summed E-state index contributed by atoms with van der Waals surface area (Å²) in [5.41, 5.74) is 22.4. The highest BCUT2D eigenvalue weighted by Crippen LogP contribution is 2.66. The summed E-state index contributed by atoms with van der Waals surface area (Å²) < 4.78 is 59.0. The molecule has 0 bridgehead atoms. The summed E-state index contributed by atoms with van der Waals surface area (Å²) >= 11 is 0. The first-order valence-electron chi connectivity index (χ1n) is 9.93. The van der Waals surface area contributed by atoms with Crippen LogP contribution in [-0.4, -0.2) is 63.8 Å². The van der Waals surface area contributed by atoms with E-state index < -0.39 is 59.9 Å². The molecule has 1 saturated heterocycles. The van der Waals surface area contributed by atoms with Gasteiger partial charge in [-0.15, -0.1) is 0 Å². The van der Waals surface area contributed by atoms with Crippen LogP contribution in [0.25, 0.3) is 32.0 Å². The Kier molecular flexibility index (Phi) is 8.88. The van der Waals surface area contributed by atoms with Gasteiger partial charge in [0, 0.05) is 16.2 Å². The number of phosphoric acid groups is 3. The lowest BCUT2D eigenvalue weighted by atomic mass is 10.2. The Bertz CT molecular complexity index is 1520. The summed E-state index contributed by atoms with van der Waals surface area (Å²) in [6, 6.07) is 0. The van der Waals surface area contributed by atoms with Gasteiger partial charge in [0.25, 0.3) is 5.56 Å². The molecule has 2 aromatic rings. The van der Waals surface area contributed by atoms with Gasteiger partial charge in [-0.05, 0) is 18.0 Å². The number of aromatic nitrogens is 4. The second kappa shape index (κ2) is 11.3. The summed E-state index contributed by atoms with van der Waals surface area (Å²) in [7, 11) is -17.0. The first-order valence-corrected chi connectivity index (χ1v) is 14.4. The van der Waals surface area contributed by atoms with Crippen LogP contribution in [0.2, 0.25) is 0 Å². The number of phosphoric ester groups is 1. The number of azide groups is 1. The fourth-order valence-corrected chi connectivity index (χ4v) is 6.32. The molecule has 0 spiro atoms. The minimum absolute atomic E-state index is 0.0404. The zero-order valence-corrected chi connectivity index (χ0v) is 21.8. The number of ether oxygens (including phenoxy) is 2. The third-order valence-corrected chi connectivity index (χ3v) is 8.40. The number of rotatable bonds is 12. The molecule has 39 heavy (non-hydrogen) atoms. The van der Waals surface area contributed by atoms with Crippen LogP contribution in [-0.2, 0) is 36.3 Å². The van der Waals surface area contributed by atoms with E-state index in [1.807, 2.05) is 0 Å². The normalized spacial score (nSPS) is 24.2. The molecule has 27 heteroatoms. The zero-order chi connectivity index (χ0) is 29.2. The summed E-state index contributed by atoms with van der Waals surface area (Å²) in [6.07, 6.45) is -2.86. The highest BCUT2D eigenvalue weighted by Gasteiger charge is 2.45. The summed E-state index contributed by atoms with van der Waals surface area (Å²) in [5, 5.41) is 6.51. The van der Waals surface area contributed by atoms with Crippen LogP contribution in [0, 0.1) is 0 Å². The molecule has 1 aliphatic rings. The van der Waals surface area contributed by atoms with E-state index in [2.05, 4.69) is 48.1 Å². The number of aromatic amines is 1. The van der Waals surface area contributed by atoms with Crippen LogP contribution in [0.1, 0.15) is 19.6 Å². The Labute approximate surface area is 214 Å². The molecule has 3 heterocycles. The Morgan fingerprint density at radius 3 is 2.46 bits per heavy atom. The van der Waals surface area contributed by atoms with E-state index in [1.165, 1.54) is 4.57 Å². The fraction of sp³-hybridized carbons (Fsp3) is 0.583. The van der Waals surface area contributed by atoms with Gasteiger partial charge in [-0.25, -0.2) is 18.7 Å². The largest absolute Gasteiger partial charge is 0.490 e. The Hall–Kier alpha value is -2.90. The lowest BCUT2D eigenvalue weighted by Gasteiger charge is -2.26. The number of nitrogens with one attached hydrogen (secondary N) is 1. The molecule has 0 aromatic carbocycles. The van der Waals surface area contributed by atoms with E-state index in [1.54, 1.807) is 0 Å². The van der Waals surface area contributed by atoms with E-state index in [0.29, 0.717) is 0 Å². The van der Waals surface area contributed by atoms with Crippen molar-refractivity contribution >= 4 is 40.6 Å². The summed E-state index contributed by atoms with van der Waals surface area (Å²) in [4.78, 5) is 63.6. The lowest BCUT2D eigenvalue weighted by Crippen LogP contribution is -2.36. The number of nitrogens with zero attached hydrogens (tertiary/aromatic N) is 9. The standard InChI is InChI=1S/C12H18N11O13P3/c1-12(19-21-14,20-22-15)34-5-2-7(23-4-16-8-9(23)17-11(13)18-10(8)24)33-6(5)3-32-38(28,29)36-39(30,31)35-37(25,26)27/h4-7H,2-3H2,1H3,(H,28,29)(H,30,31)(H2,25,26,27)(H3,13,17,18,24)/t5?,6-,7-/m1/s1. The SMILES string of the molecule is CC(N=[N+]=[N-])(N=[N+]=[N-])OC1C[C@H](n2cnc3c(=O)[nH]c(N)nc32)O[C@@H]1COP(=O)(O)OP(=O)(O)OP(=O)(O)O. The van der Waals surface area contributed by atoms with Crippen LogP contribution in [0.4, 0.5) is 5.95 Å². The molecule has 0 aliphatic carbocycles. The topological polar surface area (TPSA) is 365 Å². The van der Waals surface area contributed by atoms with Crippen molar-refractivity contribution in [3.63, 3.8) is 0 Å². The van der Waals surface area contributed by atoms with Gasteiger partial charge in [-0.2, -0.15) is 13.6 Å². The number of imidazole rings is 1. The molecule has 1 aliphatic heterocycles. The van der Waals surface area contributed by atoms with Crippen LogP contribution in [0.3, 0.4) is 0 Å². The van der Waals surface area contributed by atoms with E-state index in [-0.39, 0.29) is 23.5 Å². The second-order valence-corrected chi connectivity index (χ2v) is 11.9. The monoisotopic (exact) mass is 617 g/mol. The number of hydrogen-bond acceptors (Lipinski definition) is 14. The molecule has 7 N–H and O–H groups in total. The van der Waals surface area contributed by atoms with Gasteiger partial charge in [0.2, 0.25) is 11.8 Å². The number of nitrogens with two attached hydrogens (primary N) is 1. The van der Waals surface area contributed by atoms with Gasteiger partial charge in [0.1, 0.15) is 12.3 Å². The molecule has 2 aromatic heterocycles. The quantitative estimate of drug-likeness (QED) is 0.0837. The number of hydrogen-bond donors (Lipinski definition) is 6. The number of fused-ring (bicyclic) bond motifs is 1. The second-order valence-electron chi connectivity index (χ2n) is 7.50. The summed E-state index contributed by atoms with van der Waals surface area (Å²) in [5.74, 6) is -2.44. The van der Waals surface area contributed by atoms with Gasteiger partial charge in [-0.3, -0.25) is 18.9 Å². The highest BCUT2D eigenvalue weighted by atomic mass is 31.3. The van der Waals surface area contributed by atoms with Crippen molar-refractivity contribution < 1.29 is 55.9 Å². The molecule has 0 amide bonds. The van der Waals surface area contributed by atoms with Gasteiger partial charge in [0.15, 0.2) is 11.2 Å². The highest BCUT2D eigenvalue weighted by molar-refractivity contribution is 7.66.